The van der Waals surface area contributed by atoms with Crippen LogP contribution in [0.2, 0.25) is 0 Å². The Kier molecular flexibility index (Phi) is 8.16. The number of nitrogens with zero attached hydrogens (tertiary/aromatic N) is 5. The van der Waals surface area contributed by atoms with Crippen LogP contribution in [0, 0.1) is 0 Å². The highest BCUT2D eigenvalue weighted by atomic mass is 35.5. The number of oxazole rings is 1. The van der Waals surface area contributed by atoms with Gasteiger partial charge in [0.15, 0.2) is 0 Å². The monoisotopic (exact) mass is 470 g/mol. The highest BCUT2D eigenvalue weighted by Crippen LogP contribution is 2.33. The van der Waals surface area contributed by atoms with Gasteiger partial charge in [-0.3, -0.25) is 9.78 Å². The van der Waals surface area contributed by atoms with Crippen molar-refractivity contribution >= 4 is 35.4 Å². The summed E-state index contributed by atoms with van der Waals surface area (Å²) in [6.07, 6.45) is 7.77. The normalized spacial score (nSPS) is 13.4. The molecule has 1 aliphatic rings. The van der Waals surface area contributed by atoms with Crippen molar-refractivity contribution in [1.82, 2.24) is 14.9 Å². The lowest BCUT2D eigenvalue weighted by molar-refractivity contribution is 0.0828. The van der Waals surface area contributed by atoms with Crippen molar-refractivity contribution in [2.75, 3.05) is 61.9 Å². The number of halogens is 1. The maximum Gasteiger partial charge on any atom is 0.257 e. The minimum Gasteiger partial charge on any atom is -0.444 e. The Labute approximate surface area is 201 Å². The summed E-state index contributed by atoms with van der Waals surface area (Å²) in [5, 5.41) is 3.47. The largest absolute Gasteiger partial charge is 0.444 e. The van der Waals surface area contributed by atoms with Gasteiger partial charge >= 0.3 is 0 Å². The van der Waals surface area contributed by atoms with Crippen molar-refractivity contribution in [3.05, 3.63) is 54.7 Å². The molecule has 0 saturated carbocycles. The number of piperazine rings is 1. The first kappa shape index (κ1) is 24.4. The van der Waals surface area contributed by atoms with Crippen LogP contribution in [-0.4, -0.2) is 67.6 Å². The standard InChI is InChI=1S/C24H30N6O2.ClH/c1-4-9-26-22-19(24(31)28(2)3)16-25-17-21(22)30-13-11-29(12-14-30)20-8-6-5-7-18(20)23-27-10-15-32-23;/h5-8,10,15-17H,4,9,11-14H2,1-3H3,(H,25,26);1H. The van der Waals surface area contributed by atoms with Crippen LogP contribution in [-0.2, 0) is 0 Å². The number of para-hydroxylation sites is 1. The first-order valence-electron chi connectivity index (χ1n) is 11.0. The van der Waals surface area contributed by atoms with E-state index >= 15 is 0 Å². The predicted octanol–water partition coefficient (Wildman–Crippen LogP) is 4.01. The predicted molar refractivity (Wildman–Crippen MR) is 135 cm³/mol. The van der Waals surface area contributed by atoms with Crippen molar-refractivity contribution in [1.29, 1.82) is 0 Å². The summed E-state index contributed by atoms with van der Waals surface area (Å²) in [6, 6.07) is 8.20. The molecule has 1 aliphatic heterocycles. The molecular formula is C24H31ClN6O2. The Morgan fingerprint density at radius 1 is 1.09 bits per heavy atom. The molecule has 1 N–H and O–H groups in total. The third-order valence-electron chi connectivity index (χ3n) is 5.64. The minimum atomic E-state index is -0.0449. The molecular weight excluding hydrogens is 440 g/mol. The van der Waals surface area contributed by atoms with E-state index in [2.05, 4.69) is 38.1 Å². The highest BCUT2D eigenvalue weighted by Gasteiger charge is 2.25. The van der Waals surface area contributed by atoms with E-state index < -0.39 is 0 Å². The van der Waals surface area contributed by atoms with E-state index in [-0.39, 0.29) is 18.3 Å². The summed E-state index contributed by atoms with van der Waals surface area (Å²) in [5.74, 6) is 0.588. The number of nitrogens with one attached hydrogen (secondary N) is 1. The SMILES string of the molecule is CCCNc1c(C(=O)N(C)C)cncc1N1CCN(c2ccccc2-c2ncco2)CC1.Cl. The van der Waals surface area contributed by atoms with Crippen LogP contribution >= 0.6 is 12.4 Å². The second kappa shape index (κ2) is 11.0. The van der Waals surface area contributed by atoms with Gasteiger partial charge in [0.05, 0.1) is 34.9 Å². The van der Waals surface area contributed by atoms with Gasteiger partial charge in [0.1, 0.15) is 6.26 Å². The van der Waals surface area contributed by atoms with Gasteiger partial charge in [-0.2, -0.15) is 0 Å². The van der Waals surface area contributed by atoms with Crippen LogP contribution in [0.5, 0.6) is 0 Å². The second-order valence-electron chi connectivity index (χ2n) is 8.04. The number of benzene rings is 1. The first-order valence-corrected chi connectivity index (χ1v) is 11.0. The lowest BCUT2D eigenvalue weighted by atomic mass is 10.1. The minimum absolute atomic E-state index is 0. The molecule has 1 saturated heterocycles. The number of amides is 1. The molecule has 33 heavy (non-hydrogen) atoms. The molecule has 176 valence electrons. The number of carbonyl (C=O) groups is 1. The molecule has 0 atom stereocenters. The average molecular weight is 471 g/mol. The molecule has 0 spiro atoms. The molecule has 0 aliphatic carbocycles. The van der Waals surface area contributed by atoms with Gasteiger partial charge in [0, 0.05) is 58.7 Å². The van der Waals surface area contributed by atoms with E-state index in [0.717, 1.165) is 61.8 Å². The molecule has 0 radical (unpaired) electrons. The van der Waals surface area contributed by atoms with E-state index in [9.17, 15) is 4.79 Å². The van der Waals surface area contributed by atoms with E-state index in [4.69, 9.17) is 4.42 Å². The number of rotatable bonds is 7. The maximum atomic E-state index is 12.8. The number of hydrogen-bond donors (Lipinski definition) is 1. The third kappa shape index (κ3) is 5.22. The van der Waals surface area contributed by atoms with Gasteiger partial charge in [-0.25, -0.2) is 4.98 Å². The molecule has 2 aromatic heterocycles. The fraction of sp³-hybridized carbons (Fsp3) is 0.375. The summed E-state index contributed by atoms with van der Waals surface area (Å²) in [4.78, 5) is 27.7. The Morgan fingerprint density at radius 2 is 1.79 bits per heavy atom. The van der Waals surface area contributed by atoms with E-state index in [1.165, 1.54) is 0 Å². The molecule has 8 nitrogen and oxygen atoms in total. The fourth-order valence-electron chi connectivity index (χ4n) is 4.00. The van der Waals surface area contributed by atoms with Crippen molar-refractivity contribution < 1.29 is 9.21 Å². The molecule has 1 amide bonds. The lowest BCUT2D eigenvalue weighted by Gasteiger charge is -2.38. The van der Waals surface area contributed by atoms with Crippen LogP contribution < -0.4 is 15.1 Å². The summed E-state index contributed by atoms with van der Waals surface area (Å²) in [5.41, 5.74) is 4.57. The van der Waals surface area contributed by atoms with Gasteiger partial charge in [0.2, 0.25) is 5.89 Å². The van der Waals surface area contributed by atoms with Gasteiger partial charge in [-0.05, 0) is 18.6 Å². The molecule has 3 aromatic rings. The highest BCUT2D eigenvalue weighted by molar-refractivity contribution is 6.02. The summed E-state index contributed by atoms with van der Waals surface area (Å²) >= 11 is 0. The second-order valence-corrected chi connectivity index (χ2v) is 8.04. The molecule has 4 rings (SSSR count). The van der Waals surface area contributed by atoms with Gasteiger partial charge in [-0.1, -0.05) is 19.1 Å². The number of anilines is 3. The zero-order chi connectivity index (χ0) is 22.5. The fourth-order valence-corrected chi connectivity index (χ4v) is 4.00. The Balaban J connectivity index is 0.00000306. The smallest absolute Gasteiger partial charge is 0.257 e. The van der Waals surface area contributed by atoms with Crippen LogP contribution in [0.4, 0.5) is 17.1 Å². The number of carbonyl (C=O) groups excluding carboxylic acids is 1. The summed E-state index contributed by atoms with van der Waals surface area (Å²) < 4.78 is 5.55. The molecule has 9 heteroatoms. The van der Waals surface area contributed by atoms with E-state index in [0.29, 0.717) is 11.5 Å². The van der Waals surface area contributed by atoms with Crippen molar-refractivity contribution in [2.45, 2.75) is 13.3 Å². The Hall–Kier alpha value is -3.26. The lowest BCUT2D eigenvalue weighted by Crippen LogP contribution is -2.47. The topological polar surface area (TPSA) is 77.7 Å². The zero-order valence-corrected chi connectivity index (χ0v) is 20.1. The molecule has 0 bridgehead atoms. The van der Waals surface area contributed by atoms with Crippen LogP contribution in [0.1, 0.15) is 23.7 Å². The molecule has 3 heterocycles. The number of pyridine rings is 1. The first-order chi connectivity index (χ1) is 15.6. The zero-order valence-electron chi connectivity index (χ0n) is 19.3. The molecule has 0 unspecified atom stereocenters. The quantitative estimate of drug-likeness (QED) is 0.559. The Bertz CT molecular complexity index is 1050. The van der Waals surface area contributed by atoms with Gasteiger partial charge in [-0.15, -0.1) is 12.4 Å². The molecule has 1 fully saturated rings. The number of aromatic nitrogens is 2. The van der Waals surface area contributed by atoms with Crippen LogP contribution in [0.25, 0.3) is 11.5 Å². The van der Waals surface area contributed by atoms with Crippen molar-refractivity contribution in [2.24, 2.45) is 0 Å². The third-order valence-corrected chi connectivity index (χ3v) is 5.64. The Morgan fingerprint density at radius 3 is 2.42 bits per heavy atom. The van der Waals surface area contributed by atoms with E-state index in [1.807, 2.05) is 24.4 Å². The van der Waals surface area contributed by atoms with E-state index in [1.54, 1.807) is 37.7 Å². The van der Waals surface area contributed by atoms with Crippen LogP contribution in [0.3, 0.4) is 0 Å². The van der Waals surface area contributed by atoms with Gasteiger partial charge < -0.3 is 24.4 Å². The number of hydrogen-bond acceptors (Lipinski definition) is 7. The van der Waals surface area contributed by atoms with Gasteiger partial charge in [0.25, 0.3) is 5.91 Å². The summed E-state index contributed by atoms with van der Waals surface area (Å²) in [6.45, 7) is 6.25. The summed E-state index contributed by atoms with van der Waals surface area (Å²) in [7, 11) is 3.53. The van der Waals surface area contributed by atoms with Crippen LogP contribution in [0.15, 0.2) is 53.5 Å². The molecule has 1 aromatic carbocycles. The van der Waals surface area contributed by atoms with Crippen molar-refractivity contribution in [3.8, 4) is 11.5 Å². The average Bonchev–Trinajstić information content (AvgIpc) is 3.37. The van der Waals surface area contributed by atoms with Crippen molar-refractivity contribution in [3.63, 3.8) is 0 Å². The maximum absolute atomic E-state index is 12.8.